The highest BCUT2D eigenvalue weighted by Gasteiger charge is 2.17. The van der Waals surface area contributed by atoms with Crippen LogP contribution in [0.4, 0.5) is 0 Å². The number of carbonyl (C=O) groups excluding carboxylic acids is 2. The first-order chi connectivity index (χ1) is 28.6. The molecule has 0 bridgehead atoms. The standard InChI is InChI=1S/C53H88O5/c1-4-7-10-13-16-19-22-24-26-28-30-33-36-39-42-45-48-56-49-51(58-53(55)47-44-41-38-35-31-21-18-15-12-9-6-3)50-57-52(54)46-43-40-37-34-32-29-27-25-23-20-17-14-11-8-5-2/h7-8,10-11,16-17,19-20,24-27,30,33,39,42,51H,4-6,9,12-15,18,21-23,28-29,31-32,34-38,40-41,43-50H2,1-3H3/b10-7-,11-8-,19-16-,20-17-,26-24-,27-25-,33-30-,42-39-. The SMILES string of the molecule is CC/C=C\C/C=C\C/C=C\C/C=C\C/C=C\CCOCC(COC(=O)CCCCCCC/C=C\C/C=C\C/C=C\CC)OC(=O)CCCCCCCCCCCCC. The van der Waals surface area contributed by atoms with Gasteiger partial charge in [-0.25, -0.2) is 0 Å². The Kier molecular flexibility index (Phi) is 45.5. The number of carbonyl (C=O) groups is 2. The molecule has 5 nitrogen and oxygen atoms in total. The molecule has 0 aliphatic heterocycles. The van der Waals surface area contributed by atoms with Crippen molar-refractivity contribution in [3.05, 3.63) is 97.2 Å². The van der Waals surface area contributed by atoms with Gasteiger partial charge in [-0.3, -0.25) is 9.59 Å². The zero-order valence-corrected chi connectivity index (χ0v) is 37.8. The van der Waals surface area contributed by atoms with Crippen LogP contribution in [0.3, 0.4) is 0 Å². The van der Waals surface area contributed by atoms with E-state index < -0.39 is 6.10 Å². The lowest BCUT2D eigenvalue weighted by Gasteiger charge is -2.18. The van der Waals surface area contributed by atoms with Crippen LogP contribution in [-0.2, 0) is 23.8 Å². The third-order valence-electron chi connectivity index (χ3n) is 9.63. The van der Waals surface area contributed by atoms with E-state index in [1.165, 1.54) is 64.2 Å². The van der Waals surface area contributed by atoms with Gasteiger partial charge in [-0.05, 0) is 83.5 Å². The number of esters is 2. The van der Waals surface area contributed by atoms with E-state index in [-0.39, 0.29) is 25.2 Å². The first-order valence-electron chi connectivity index (χ1n) is 23.8. The van der Waals surface area contributed by atoms with Gasteiger partial charge < -0.3 is 14.2 Å². The summed E-state index contributed by atoms with van der Waals surface area (Å²) in [4.78, 5) is 25.3. The molecular weight excluding hydrogens is 717 g/mol. The molecule has 58 heavy (non-hydrogen) atoms. The van der Waals surface area contributed by atoms with Crippen molar-refractivity contribution in [3.63, 3.8) is 0 Å². The van der Waals surface area contributed by atoms with Gasteiger partial charge >= 0.3 is 11.9 Å². The summed E-state index contributed by atoms with van der Waals surface area (Å²) >= 11 is 0. The summed E-state index contributed by atoms with van der Waals surface area (Å²) in [5.74, 6) is -0.462. The van der Waals surface area contributed by atoms with Crippen molar-refractivity contribution < 1.29 is 23.8 Å². The minimum Gasteiger partial charge on any atom is -0.462 e. The zero-order valence-electron chi connectivity index (χ0n) is 37.8. The maximum Gasteiger partial charge on any atom is 0.306 e. The van der Waals surface area contributed by atoms with Gasteiger partial charge in [-0.15, -0.1) is 0 Å². The van der Waals surface area contributed by atoms with Crippen molar-refractivity contribution in [1.82, 2.24) is 0 Å². The van der Waals surface area contributed by atoms with Crippen LogP contribution in [0, 0.1) is 0 Å². The molecule has 330 valence electrons. The lowest BCUT2D eigenvalue weighted by atomic mass is 10.1. The largest absolute Gasteiger partial charge is 0.462 e. The van der Waals surface area contributed by atoms with Crippen molar-refractivity contribution in [2.45, 2.75) is 207 Å². The molecule has 0 radical (unpaired) electrons. The van der Waals surface area contributed by atoms with Crippen LogP contribution in [-0.4, -0.2) is 37.9 Å². The Bertz CT molecular complexity index is 1140. The van der Waals surface area contributed by atoms with Crippen LogP contribution in [0.15, 0.2) is 97.2 Å². The Morgan fingerprint density at radius 1 is 0.397 bits per heavy atom. The molecule has 0 fully saturated rings. The minimum absolute atomic E-state index is 0.0431. The molecule has 0 rings (SSSR count). The van der Waals surface area contributed by atoms with Crippen molar-refractivity contribution in [2.75, 3.05) is 19.8 Å². The first kappa shape index (κ1) is 54.8. The molecule has 0 N–H and O–H groups in total. The second-order valence-corrected chi connectivity index (χ2v) is 15.3. The molecule has 0 aromatic rings. The average molecular weight is 805 g/mol. The lowest BCUT2D eigenvalue weighted by molar-refractivity contribution is -0.162. The molecular formula is C53H88O5. The van der Waals surface area contributed by atoms with Crippen molar-refractivity contribution in [1.29, 1.82) is 0 Å². The number of unbranched alkanes of at least 4 members (excludes halogenated alkanes) is 15. The minimum atomic E-state index is -0.584. The smallest absolute Gasteiger partial charge is 0.306 e. The van der Waals surface area contributed by atoms with E-state index in [9.17, 15) is 9.59 Å². The molecule has 5 heteroatoms. The Morgan fingerprint density at radius 3 is 1.24 bits per heavy atom. The summed E-state index contributed by atoms with van der Waals surface area (Å²) in [6.07, 6.45) is 64.3. The van der Waals surface area contributed by atoms with Crippen molar-refractivity contribution >= 4 is 11.9 Å². The maximum atomic E-state index is 12.7. The van der Waals surface area contributed by atoms with Crippen LogP contribution in [0.1, 0.15) is 201 Å². The van der Waals surface area contributed by atoms with Gasteiger partial charge in [0.1, 0.15) is 6.61 Å². The van der Waals surface area contributed by atoms with Crippen LogP contribution < -0.4 is 0 Å². The van der Waals surface area contributed by atoms with Gasteiger partial charge in [-0.1, -0.05) is 201 Å². The number of hydrogen-bond donors (Lipinski definition) is 0. The summed E-state index contributed by atoms with van der Waals surface area (Å²) in [6, 6.07) is 0. The highest BCUT2D eigenvalue weighted by Crippen LogP contribution is 2.13. The summed E-state index contributed by atoms with van der Waals surface area (Å²) in [7, 11) is 0. The number of rotatable bonds is 42. The van der Waals surface area contributed by atoms with Crippen molar-refractivity contribution in [2.24, 2.45) is 0 Å². The van der Waals surface area contributed by atoms with Gasteiger partial charge in [0.25, 0.3) is 0 Å². The van der Waals surface area contributed by atoms with Gasteiger partial charge in [0.15, 0.2) is 6.10 Å². The highest BCUT2D eigenvalue weighted by atomic mass is 16.6. The summed E-state index contributed by atoms with van der Waals surface area (Å²) in [5, 5.41) is 0. The molecule has 0 aliphatic rings. The number of hydrogen-bond acceptors (Lipinski definition) is 5. The molecule has 0 saturated carbocycles. The molecule has 1 unspecified atom stereocenters. The van der Waals surface area contributed by atoms with Crippen LogP contribution >= 0.6 is 0 Å². The summed E-state index contributed by atoms with van der Waals surface area (Å²) in [5.41, 5.74) is 0. The normalized spacial score (nSPS) is 13.1. The summed E-state index contributed by atoms with van der Waals surface area (Å²) in [6.45, 7) is 7.36. The molecule has 0 spiro atoms. The third kappa shape index (κ3) is 45.5. The quantitative estimate of drug-likeness (QED) is 0.0349. The lowest BCUT2D eigenvalue weighted by Crippen LogP contribution is -2.30. The van der Waals surface area contributed by atoms with Crippen LogP contribution in [0.2, 0.25) is 0 Å². The fourth-order valence-electron chi connectivity index (χ4n) is 6.18. The topological polar surface area (TPSA) is 61.8 Å². The molecule has 0 saturated heterocycles. The van der Waals surface area contributed by atoms with E-state index in [1.54, 1.807) is 0 Å². The van der Waals surface area contributed by atoms with Gasteiger partial charge in [0, 0.05) is 12.8 Å². The monoisotopic (exact) mass is 805 g/mol. The molecule has 0 aliphatic carbocycles. The van der Waals surface area contributed by atoms with Gasteiger partial charge in [0.05, 0.1) is 13.2 Å². The van der Waals surface area contributed by atoms with Crippen molar-refractivity contribution in [3.8, 4) is 0 Å². The predicted octanol–water partition coefficient (Wildman–Crippen LogP) is 15.9. The second-order valence-electron chi connectivity index (χ2n) is 15.3. The average Bonchev–Trinajstić information content (AvgIpc) is 3.22. The predicted molar refractivity (Wildman–Crippen MR) is 251 cm³/mol. The Balaban J connectivity index is 4.41. The number of allylic oxidation sites excluding steroid dienone is 15. The Morgan fingerprint density at radius 2 is 0.776 bits per heavy atom. The van der Waals surface area contributed by atoms with E-state index >= 15 is 0 Å². The van der Waals surface area contributed by atoms with Gasteiger partial charge in [0.2, 0.25) is 0 Å². The van der Waals surface area contributed by atoms with Crippen LogP contribution in [0.5, 0.6) is 0 Å². The van der Waals surface area contributed by atoms with E-state index in [0.717, 1.165) is 103 Å². The Hall–Kier alpha value is -3.18. The molecule has 0 heterocycles. The summed E-state index contributed by atoms with van der Waals surface area (Å²) < 4.78 is 17.2. The van der Waals surface area contributed by atoms with Crippen LogP contribution in [0.25, 0.3) is 0 Å². The maximum absolute atomic E-state index is 12.7. The first-order valence-corrected chi connectivity index (χ1v) is 23.8. The fraction of sp³-hybridized carbons (Fsp3) is 0.660. The van der Waals surface area contributed by atoms with E-state index in [2.05, 4.69) is 118 Å². The highest BCUT2D eigenvalue weighted by molar-refractivity contribution is 5.70. The molecule has 0 amide bonds. The van der Waals surface area contributed by atoms with E-state index in [4.69, 9.17) is 14.2 Å². The molecule has 0 aromatic carbocycles. The second kappa shape index (κ2) is 48.2. The van der Waals surface area contributed by atoms with Gasteiger partial charge in [-0.2, -0.15) is 0 Å². The molecule has 0 aromatic heterocycles. The van der Waals surface area contributed by atoms with E-state index in [1.807, 2.05) is 0 Å². The fourth-order valence-corrected chi connectivity index (χ4v) is 6.18. The molecule has 1 atom stereocenters. The zero-order chi connectivity index (χ0) is 42.1. The van der Waals surface area contributed by atoms with E-state index in [0.29, 0.717) is 19.4 Å². The number of ether oxygens (including phenoxy) is 3. The third-order valence-corrected chi connectivity index (χ3v) is 9.63. The Labute approximate surface area is 358 Å².